The molecule has 1 aliphatic rings. The maximum absolute atomic E-state index is 13.5. The average Bonchev–Trinajstić information content (AvgIpc) is 3.03. The van der Waals surface area contributed by atoms with Crippen LogP contribution in [0.3, 0.4) is 0 Å². The molecule has 0 unspecified atom stereocenters. The lowest BCUT2D eigenvalue weighted by atomic mass is 10.0. The van der Waals surface area contributed by atoms with Crippen LogP contribution in [0.2, 0.25) is 0 Å². The number of ether oxygens (including phenoxy) is 1. The number of amides is 1. The van der Waals surface area contributed by atoms with E-state index in [0.29, 0.717) is 17.9 Å². The van der Waals surface area contributed by atoms with Gasteiger partial charge in [0.05, 0.1) is 12.2 Å². The number of hydrogen-bond acceptors (Lipinski definition) is 4. The molecule has 0 aliphatic carbocycles. The largest absolute Gasteiger partial charge is 0.494 e. The molecule has 1 amide bonds. The smallest absolute Gasteiger partial charge is 0.262 e. The van der Waals surface area contributed by atoms with Gasteiger partial charge in [0.15, 0.2) is 0 Å². The zero-order chi connectivity index (χ0) is 20.5. The summed E-state index contributed by atoms with van der Waals surface area (Å²) < 4.78 is 7.38. The first-order valence-electron chi connectivity index (χ1n) is 9.53. The lowest BCUT2D eigenvalue weighted by molar-refractivity contribution is 0.0975. The standard InChI is InChI=1S/C23H22N4O2/c1-4-29-18-11-9-16(10-12-18)27-22(20-13-17(14-24)26(3)15(20)2)25-21-8-6-5-7-19(21)23(27)28/h5-13,22,25H,4H2,1-3H3/t22-/m1/s1. The molecule has 0 bridgehead atoms. The molecule has 1 aliphatic heterocycles. The van der Waals surface area contributed by atoms with Crippen LogP contribution < -0.4 is 15.0 Å². The molecule has 2 aromatic carbocycles. The van der Waals surface area contributed by atoms with Crippen LogP contribution in [0.1, 0.15) is 40.4 Å². The molecule has 6 nitrogen and oxygen atoms in total. The van der Waals surface area contributed by atoms with Crippen molar-refractivity contribution in [2.45, 2.75) is 20.0 Å². The summed E-state index contributed by atoms with van der Waals surface area (Å²) in [5.74, 6) is 0.670. The maximum Gasteiger partial charge on any atom is 0.262 e. The summed E-state index contributed by atoms with van der Waals surface area (Å²) in [7, 11) is 1.86. The first kappa shape index (κ1) is 18.6. The van der Waals surface area contributed by atoms with E-state index in [0.717, 1.165) is 28.4 Å². The zero-order valence-corrected chi connectivity index (χ0v) is 16.6. The number of nitriles is 1. The molecule has 1 aromatic heterocycles. The third-order valence-electron chi connectivity index (χ3n) is 5.34. The van der Waals surface area contributed by atoms with Crippen LogP contribution in [0.4, 0.5) is 11.4 Å². The molecule has 1 atom stereocenters. The van der Waals surface area contributed by atoms with E-state index in [-0.39, 0.29) is 5.91 Å². The van der Waals surface area contributed by atoms with Gasteiger partial charge in [-0.25, -0.2) is 0 Å². The topological polar surface area (TPSA) is 70.3 Å². The van der Waals surface area contributed by atoms with Crippen LogP contribution in [-0.4, -0.2) is 17.1 Å². The summed E-state index contributed by atoms with van der Waals surface area (Å²) in [6.07, 6.45) is -0.427. The lowest BCUT2D eigenvalue weighted by Crippen LogP contribution is -2.43. The number of para-hydroxylation sites is 1. The molecule has 3 aromatic rings. The van der Waals surface area contributed by atoms with Crippen LogP contribution in [-0.2, 0) is 7.05 Å². The first-order chi connectivity index (χ1) is 14.0. The third kappa shape index (κ3) is 3.11. The highest BCUT2D eigenvalue weighted by Gasteiger charge is 2.35. The number of carbonyl (C=O) groups is 1. The maximum atomic E-state index is 13.5. The molecule has 29 heavy (non-hydrogen) atoms. The number of hydrogen-bond donors (Lipinski definition) is 1. The van der Waals surface area contributed by atoms with Gasteiger partial charge < -0.3 is 14.6 Å². The van der Waals surface area contributed by atoms with E-state index < -0.39 is 6.17 Å². The Morgan fingerprint density at radius 2 is 1.90 bits per heavy atom. The van der Waals surface area contributed by atoms with Gasteiger partial charge in [-0.3, -0.25) is 9.69 Å². The second-order valence-electron chi connectivity index (χ2n) is 6.94. The highest BCUT2D eigenvalue weighted by molar-refractivity contribution is 6.12. The molecular weight excluding hydrogens is 364 g/mol. The Hall–Kier alpha value is -3.72. The Bertz CT molecular complexity index is 1110. The summed E-state index contributed by atoms with van der Waals surface area (Å²) in [6.45, 7) is 4.48. The minimum absolute atomic E-state index is 0.0877. The monoisotopic (exact) mass is 386 g/mol. The number of nitrogens with one attached hydrogen (secondary N) is 1. The van der Waals surface area contributed by atoms with E-state index in [1.165, 1.54) is 0 Å². The Morgan fingerprint density at radius 3 is 2.55 bits per heavy atom. The van der Waals surface area contributed by atoms with Gasteiger partial charge in [0.25, 0.3) is 5.91 Å². The number of anilines is 2. The van der Waals surface area contributed by atoms with Crippen molar-refractivity contribution in [2.24, 2.45) is 7.05 Å². The number of aromatic nitrogens is 1. The van der Waals surface area contributed by atoms with Gasteiger partial charge in [-0.2, -0.15) is 5.26 Å². The van der Waals surface area contributed by atoms with Crippen LogP contribution in [0, 0.1) is 18.3 Å². The van der Waals surface area contributed by atoms with Gasteiger partial charge in [0.2, 0.25) is 0 Å². The second kappa shape index (κ2) is 7.36. The molecular formula is C23H22N4O2. The second-order valence-corrected chi connectivity index (χ2v) is 6.94. The first-order valence-corrected chi connectivity index (χ1v) is 9.53. The highest BCUT2D eigenvalue weighted by Crippen LogP contribution is 2.38. The molecule has 1 N–H and O–H groups in total. The van der Waals surface area contributed by atoms with E-state index in [1.54, 1.807) is 4.90 Å². The van der Waals surface area contributed by atoms with Gasteiger partial charge in [0, 0.05) is 29.7 Å². The molecule has 6 heteroatoms. The number of nitrogens with zero attached hydrogens (tertiary/aromatic N) is 3. The summed E-state index contributed by atoms with van der Waals surface area (Å²) >= 11 is 0. The summed E-state index contributed by atoms with van der Waals surface area (Å²) in [5.41, 5.74) is 4.53. The number of carbonyl (C=O) groups excluding carboxylic acids is 1. The fourth-order valence-electron chi connectivity index (χ4n) is 3.71. The quantitative estimate of drug-likeness (QED) is 0.723. The molecule has 0 radical (unpaired) electrons. The van der Waals surface area contributed by atoms with E-state index in [2.05, 4.69) is 11.4 Å². The van der Waals surface area contributed by atoms with E-state index >= 15 is 0 Å². The third-order valence-corrected chi connectivity index (χ3v) is 5.34. The van der Waals surface area contributed by atoms with Crippen molar-refractivity contribution < 1.29 is 9.53 Å². The van der Waals surface area contributed by atoms with Gasteiger partial charge >= 0.3 is 0 Å². The summed E-state index contributed by atoms with van der Waals surface area (Å²) in [4.78, 5) is 15.2. The van der Waals surface area contributed by atoms with Crippen LogP contribution in [0.5, 0.6) is 5.75 Å². The summed E-state index contributed by atoms with van der Waals surface area (Å²) in [6, 6.07) is 19.0. The number of fused-ring (bicyclic) bond motifs is 1. The SMILES string of the molecule is CCOc1ccc(N2C(=O)c3ccccc3N[C@H]2c2cc(C#N)n(C)c2C)cc1. The Kier molecular flexibility index (Phi) is 4.73. The zero-order valence-electron chi connectivity index (χ0n) is 16.6. The van der Waals surface area contributed by atoms with Gasteiger partial charge in [0.1, 0.15) is 23.7 Å². The molecule has 0 fully saturated rings. The van der Waals surface area contributed by atoms with Crippen LogP contribution in [0.15, 0.2) is 54.6 Å². The van der Waals surface area contributed by atoms with Crippen LogP contribution in [0.25, 0.3) is 0 Å². The fraction of sp³-hybridized carbons (Fsp3) is 0.217. The number of rotatable bonds is 4. The van der Waals surface area contributed by atoms with Crippen molar-refractivity contribution in [3.8, 4) is 11.8 Å². The normalized spacial score (nSPS) is 15.4. The molecule has 146 valence electrons. The summed E-state index contributed by atoms with van der Waals surface area (Å²) in [5, 5.41) is 12.9. The van der Waals surface area contributed by atoms with E-state index in [9.17, 15) is 10.1 Å². The molecule has 0 spiro atoms. The Labute approximate surface area is 169 Å². The molecule has 2 heterocycles. The molecule has 0 saturated carbocycles. The van der Waals surface area contributed by atoms with E-state index in [1.807, 2.05) is 80.1 Å². The average molecular weight is 386 g/mol. The van der Waals surface area contributed by atoms with Gasteiger partial charge in [-0.1, -0.05) is 12.1 Å². The van der Waals surface area contributed by atoms with Crippen molar-refractivity contribution in [1.82, 2.24) is 4.57 Å². The minimum atomic E-state index is -0.427. The molecule has 4 rings (SSSR count). The fourth-order valence-corrected chi connectivity index (χ4v) is 3.71. The van der Waals surface area contributed by atoms with Crippen molar-refractivity contribution in [3.05, 3.63) is 77.1 Å². The molecule has 0 saturated heterocycles. The number of benzene rings is 2. The van der Waals surface area contributed by atoms with Crippen molar-refractivity contribution in [1.29, 1.82) is 5.26 Å². The van der Waals surface area contributed by atoms with Crippen molar-refractivity contribution in [3.63, 3.8) is 0 Å². The lowest BCUT2D eigenvalue weighted by Gasteiger charge is -2.38. The minimum Gasteiger partial charge on any atom is -0.494 e. The predicted octanol–water partition coefficient (Wildman–Crippen LogP) is 4.38. The van der Waals surface area contributed by atoms with Crippen molar-refractivity contribution in [2.75, 3.05) is 16.8 Å². The van der Waals surface area contributed by atoms with Gasteiger partial charge in [-0.05, 0) is 56.3 Å². The highest BCUT2D eigenvalue weighted by atomic mass is 16.5. The van der Waals surface area contributed by atoms with Crippen molar-refractivity contribution >= 4 is 17.3 Å². The van der Waals surface area contributed by atoms with Gasteiger partial charge in [-0.15, -0.1) is 0 Å². The Morgan fingerprint density at radius 1 is 1.17 bits per heavy atom. The van der Waals surface area contributed by atoms with Crippen LogP contribution >= 0.6 is 0 Å². The van der Waals surface area contributed by atoms with E-state index in [4.69, 9.17) is 4.74 Å². The predicted molar refractivity (Wildman–Crippen MR) is 112 cm³/mol. The Balaban J connectivity index is 1.85.